The summed E-state index contributed by atoms with van der Waals surface area (Å²) in [7, 11) is 0. The number of nitrogens with one attached hydrogen (secondary N) is 1. The Bertz CT molecular complexity index is 451. The first kappa shape index (κ1) is 15.3. The molecule has 0 unspecified atom stereocenters. The third-order valence-corrected chi connectivity index (χ3v) is 4.02. The quantitative estimate of drug-likeness (QED) is 0.918. The maximum atomic E-state index is 12.9. The van der Waals surface area contributed by atoms with Gasteiger partial charge in [-0.05, 0) is 30.5 Å². The minimum absolute atomic E-state index is 0.572. The topological polar surface area (TPSA) is 15.3 Å². The number of hydrogen-bond acceptors (Lipinski definition) is 2. The van der Waals surface area contributed by atoms with Crippen molar-refractivity contribution in [2.75, 3.05) is 26.2 Å². The van der Waals surface area contributed by atoms with Crippen LogP contribution >= 0.6 is 0 Å². The number of aryl methyl sites for hydroxylation is 1. The van der Waals surface area contributed by atoms with Crippen molar-refractivity contribution in [3.05, 3.63) is 34.9 Å². The second kappa shape index (κ2) is 6.14. The lowest BCUT2D eigenvalue weighted by Gasteiger charge is -2.36. The Kier molecular flexibility index (Phi) is 4.70. The lowest BCUT2D eigenvalue weighted by Crippen LogP contribution is -2.46. The zero-order chi connectivity index (χ0) is 14.8. The first-order chi connectivity index (χ1) is 9.38. The summed E-state index contributed by atoms with van der Waals surface area (Å²) in [5, 5.41) is 3.19. The number of hydrogen-bond donors (Lipinski definition) is 1. The van der Waals surface area contributed by atoms with Crippen molar-refractivity contribution >= 4 is 0 Å². The molecule has 0 bridgehead atoms. The SMILES string of the molecule is Cc1cccc([C@H](CC(F)(F)F)N2CCNCC2)c1C. The minimum atomic E-state index is -4.15. The van der Waals surface area contributed by atoms with Gasteiger partial charge in [0.1, 0.15) is 0 Å². The van der Waals surface area contributed by atoms with Crippen molar-refractivity contribution in [3.8, 4) is 0 Å². The smallest absolute Gasteiger partial charge is 0.314 e. The normalized spacial score (nSPS) is 19.1. The Hall–Kier alpha value is -1.07. The predicted molar refractivity (Wildman–Crippen MR) is 73.8 cm³/mol. The molecule has 1 N–H and O–H groups in total. The van der Waals surface area contributed by atoms with Gasteiger partial charge in [-0.2, -0.15) is 13.2 Å². The molecule has 112 valence electrons. The van der Waals surface area contributed by atoms with E-state index in [1.165, 1.54) is 0 Å². The molecule has 2 nitrogen and oxygen atoms in total. The van der Waals surface area contributed by atoms with Crippen molar-refractivity contribution in [1.29, 1.82) is 0 Å². The van der Waals surface area contributed by atoms with Crippen LogP contribution in [0.3, 0.4) is 0 Å². The first-order valence-corrected chi connectivity index (χ1v) is 6.96. The van der Waals surface area contributed by atoms with Gasteiger partial charge in [0, 0.05) is 32.2 Å². The highest BCUT2D eigenvalue weighted by atomic mass is 19.4. The van der Waals surface area contributed by atoms with Gasteiger partial charge in [-0.1, -0.05) is 18.2 Å². The lowest BCUT2D eigenvalue weighted by atomic mass is 9.94. The van der Waals surface area contributed by atoms with E-state index in [0.717, 1.165) is 29.8 Å². The van der Waals surface area contributed by atoms with Crippen LogP contribution in [0.25, 0.3) is 0 Å². The Labute approximate surface area is 118 Å². The molecular formula is C15H21F3N2. The molecule has 1 aliphatic heterocycles. The van der Waals surface area contributed by atoms with Gasteiger partial charge in [-0.25, -0.2) is 0 Å². The van der Waals surface area contributed by atoms with Crippen LogP contribution in [-0.4, -0.2) is 37.3 Å². The van der Waals surface area contributed by atoms with Gasteiger partial charge in [0.05, 0.1) is 6.42 Å². The summed E-state index contributed by atoms with van der Waals surface area (Å²) >= 11 is 0. The Morgan fingerprint density at radius 1 is 1.20 bits per heavy atom. The molecule has 1 atom stereocenters. The maximum Gasteiger partial charge on any atom is 0.390 e. The van der Waals surface area contributed by atoms with Crippen LogP contribution in [0.15, 0.2) is 18.2 Å². The standard InChI is InChI=1S/C15H21F3N2/c1-11-4-3-5-13(12(11)2)14(10-15(16,17)18)20-8-6-19-7-9-20/h3-5,14,19H,6-10H2,1-2H3/t14-/m0/s1. The fraction of sp³-hybridized carbons (Fsp3) is 0.600. The number of rotatable bonds is 3. The average molecular weight is 286 g/mol. The van der Waals surface area contributed by atoms with E-state index in [0.29, 0.717) is 13.1 Å². The maximum absolute atomic E-state index is 12.9. The Morgan fingerprint density at radius 3 is 2.45 bits per heavy atom. The Balaban J connectivity index is 2.32. The van der Waals surface area contributed by atoms with E-state index in [2.05, 4.69) is 5.32 Å². The van der Waals surface area contributed by atoms with Crippen molar-refractivity contribution in [1.82, 2.24) is 10.2 Å². The molecular weight excluding hydrogens is 265 g/mol. The van der Waals surface area contributed by atoms with Crippen molar-refractivity contribution in [2.24, 2.45) is 0 Å². The third kappa shape index (κ3) is 3.73. The summed E-state index contributed by atoms with van der Waals surface area (Å²) in [5.41, 5.74) is 2.83. The summed E-state index contributed by atoms with van der Waals surface area (Å²) in [5.74, 6) is 0. The summed E-state index contributed by atoms with van der Waals surface area (Å²) < 4.78 is 38.8. The second-order valence-electron chi connectivity index (χ2n) is 5.41. The van der Waals surface area contributed by atoms with E-state index in [1.54, 1.807) is 0 Å². The molecule has 1 aromatic rings. The zero-order valence-electron chi connectivity index (χ0n) is 11.9. The van der Waals surface area contributed by atoms with Gasteiger partial charge in [-0.15, -0.1) is 0 Å². The van der Waals surface area contributed by atoms with Gasteiger partial charge >= 0.3 is 6.18 Å². The number of piperazine rings is 1. The summed E-state index contributed by atoms with van der Waals surface area (Å²) in [6.07, 6.45) is -4.93. The largest absolute Gasteiger partial charge is 0.390 e. The van der Waals surface area contributed by atoms with Crippen molar-refractivity contribution in [2.45, 2.75) is 32.5 Å². The Morgan fingerprint density at radius 2 is 1.85 bits per heavy atom. The molecule has 1 aromatic carbocycles. The van der Waals surface area contributed by atoms with Crippen LogP contribution in [0.4, 0.5) is 13.2 Å². The molecule has 0 aromatic heterocycles. The lowest BCUT2D eigenvalue weighted by molar-refractivity contribution is -0.148. The highest BCUT2D eigenvalue weighted by Gasteiger charge is 2.36. The number of nitrogens with zero attached hydrogens (tertiary/aromatic N) is 1. The summed E-state index contributed by atoms with van der Waals surface area (Å²) in [4.78, 5) is 1.95. The zero-order valence-corrected chi connectivity index (χ0v) is 11.9. The molecule has 1 fully saturated rings. The van der Waals surface area contributed by atoms with E-state index in [4.69, 9.17) is 0 Å². The van der Waals surface area contributed by atoms with E-state index in [9.17, 15) is 13.2 Å². The molecule has 0 amide bonds. The van der Waals surface area contributed by atoms with Gasteiger partial charge in [-0.3, -0.25) is 4.90 Å². The van der Waals surface area contributed by atoms with Crippen LogP contribution in [0.1, 0.15) is 29.2 Å². The van der Waals surface area contributed by atoms with Crippen LogP contribution in [-0.2, 0) is 0 Å². The monoisotopic (exact) mass is 286 g/mol. The molecule has 1 heterocycles. The van der Waals surface area contributed by atoms with Crippen LogP contribution in [0, 0.1) is 13.8 Å². The number of alkyl halides is 3. The van der Waals surface area contributed by atoms with Gasteiger partial charge in [0.25, 0.3) is 0 Å². The molecule has 0 saturated carbocycles. The van der Waals surface area contributed by atoms with Crippen LogP contribution in [0.5, 0.6) is 0 Å². The number of halogens is 3. The number of benzene rings is 1. The fourth-order valence-corrected chi connectivity index (χ4v) is 2.78. The highest BCUT2D eigenvalue weighted by Crippen LogP contribution is 2.35. The van der Waals surface area contributed by atoms with E-state index in [-0.39, 0.29) is 0 Å². The average Bonchev–Trinajstić information content (AvgIpc) is 2.40. The minimum Gasteiger partial charge on any atom is -0.314 e. The molecule has 0 spiro atoms. The van der Waals surface area contributed by atoms with Crippen molar-refractivity contribution in [3.63, 3.8) is 0 Å². The molecule has 0 radical (unpaired) electrons. The van der Waals surface area contributed by atoms with E-state index >= 15 is 0 Å². The van der Waals surface area contributed by atoms with Crippen LogP contribution in [0.2, 0.25) is 0 Å². The van der Waals surface area contributed by atoms with Gasteiger partial charge in [0.2, 0.25) is 0 Å². The van der Waals surface area contributed by atoms with E-state index in [1.807, 2.05) is 36.9 Å². The molecule has 20 heavy (non-hydrogen) atoms. The predicted octanol–water partition coefficient (Wildman–Crippen LogP) is 3.20. The highest BCUT2D eigenvalue weighted by molar-refractivity contribution is 5.35. The molecule has 1 saturated heterocycles. The molecule has 1 aliphatic rings. The van der Waals surface area contributed by atoms with Gasteiger partial charge in [0.15, 0.2) is 0 Å². The van der Waals surface area contributed by atoms with Crippen LogP contribution < -0.4 is 5.32 Å². The van der Waals surface area contributed by atoms with E-state index < -0.39 is 18.6 Å². The second-order valence-corrected chi connectivity index (χ2v) is 5.41. The fourth-order valence-electron chi connectivity index (χ4n) is 2.78. The summed E-state index contributed by atoms with van der Waals surface area (Å²) in [6.45, 7) is 6.68. The third-order valence-electron chi connectivity index (χ3n) is 4.02. The first-order valence-electron chi connectivity index (χ1n) is 6.96. The summed E-state index contributed by atoms with van der Waals surface area (Å²) in [6, 6.07) is 5.06. The van der Waals surface area contributed by atoms with Crippen molar-refractivity contribution < 1.29 is 13.2 Å². The molecule has 0 aliphatic carbocycles. The molecule has 5 heteroatoms. The van der Waals surface area contributed by atoms with Gasteiger partial charge < -0.3 is 5.32 Å². The molecule has 2 rings (SSSR count).